The van der Waals surface area contributed by atoms with Gasteiger partial charge in [0, 0.05) is 18.9 Å². The van der Waals surface area contributed by atoms with E-state index in [1.807, 2.05) is 44.2 Å². The average Bonchev–Trinajstić information content (AvgIpc) is 2.63. The Balaban J connectivity index is 1.74. The number of carbonyl (C=O) groups is 2. The molecule has 1 aromatic heterocycles. The lowest BCUT2D eigenvalue weighted by Crippen LogP contribution is -2.49. The van der Waals surface area contributed by atoms with Gasteiger partial charge in [-0.05, 0) is 42.7 Å². The molecule has 1 aliphatic heterocycles. The van der Waals surface area contributed by atoms with E-state index in [1.165, 1.54) is 4.90 Å². The molecular weight excluding hydrogens is 318 g/mol. The largest absolute Gasteiger partial charge is 0.478 e. The molecule has 0 aliphatic carbocycles. The topological polar surface area (TPSA) is 71.5 Å². The number of benzene rings is 1. The van der Waals surface area contributed by atoms with Crippen molar-refractivity contribution in [1.29, 1.82) is 0 Å². The van der Waals surface area contributed by atoms with Crippen LogP contribution >= 0.6 is 0 Å². The number of fused-ring (bicyclic) bond motifs is 1. The van der Waals surface area contributed by atoms with Crippen molar-refractivity contribution in [2.45, 2.75) is 32.9 Å². The van der Waals surface area contributed by atoms with Gasteiger partial charge >= 0.3 is 0 Å². The second kappa shape index (κ2) is 7.34. The number of pyridine rings is 1. The number of hydrogen-bond acceptors (Lipinski definition) is 4. The van der Waals surface area contributed by atoms with E-state index in [0.29, 0.717) is 24.4 Å². The number of carbonyl (C=O) groups excluding carboxylic acids is 2. The molecule has 1 atom stereocenters. The summed E-state index contributed by atoms with van der Waals surface area (Å²) in [4.78, 5) is 30.5. The van der Waals surface area contributed by atoms with Crippen LogP contribution in [0.3, 0.4) is 0 Å². The molecule has 1 unspecified atom stereocenters. The highest BCUT2D eigenvalue weighted by Gasteiger charge is 2.34. The van der Waals surface area contributed by atoms with Crippen LogP contribution in [0.5, 0.6) is 5.75 Å². The fourth-order valence-corrected chi connectivity index (χ4v) is 2.76. The molecule has 0 bridgehead atoms. The molecule has 2 heterocycles. The molecule has 130 valence electrons. The Labute approximate surface area is 146 Å². The molecule has 25 heavy (non-hydrogen) atoms. The Morgan fingerprint density at radius 2 is 2.20 bits per heavy atom. The Morgan fingerprint density at radius 3 is 2.92 bits per heavy atom. The van der Waals surface area contributed by atoms with Crippen LogP contribution in [-0.2, 0) is 16.1 Å². The quantitative estimate of drug-likeness (QED) is 0.907. The summed E-state index contributed by atoms with van der Waals surface area (Å²) >= 11 is 0. The Kier molecular flexibility index (Phi) is 4.97. The number of anilines is 1. The Hall–Kier alpha value is -2.89. The van der Waals surface area contributed by atoms with Crippen molar-refractivity contribution in [3.05, 3.63) is 53.9 Å². The van der Waals surface area contributed by atoms with Crippen LogP contribution in [0.2, 0.25) is 0 Å². The zero-order valence-corrected chi connectivity index (χ0v) is 14.4. The highest BCUT2D eigenvalue weighted by molar-refractivity contribution is 6.03. The summed E-state index contributed by atoms with van der Waals surface area (Å²) in [5.74, 6) is 0.232. The Morgan fingerprint density at radius 1 is 1.36 bits per heavy atom. The molecule has 2 amide bonds. The minimum absolute atomic E-state index is 0.0323. The summed E-state index contributed by atoms with van der Waals surface area (Å²) in [6.45, 7) is 4.18. The van der Waals surface area contributed by atoms with Crippen molar-refractivity contribution in [2.75, 3.05) is 11.4 Å². The van der Waals surface area contributed by atoms with Gasteiger partial charge in [-0.2, -0.15) is 0 Å². The van der Waals surface area contributed by atoms with Gasteiger partial charge in [-0.15, -0.1) is 0 Å². The highest BCUT2D eigenvalue weighted by Crippen LogP contribution is 2.35. The van der Waals surface area contributed by atoms with Crippen LogP contribution in [0.15, 0.2) is 42.7 Å². The van der Waals surface area contributed by atoms with Crippen LogP contribution in [0.4, 0.5) is 5.69 Å². The van der Waals surface area contributed by atoms with Crippen LogP contribution < -0.4 is 15.0 Å². The van der Waals surface area contributed by atoms with E-state index >= 15 is 0 Å². The van der Waals surface area contributed by atoms with E-state index in [-0.39, 0.29) is 18.4 Å². The molecule has 0 spiro atoms. The van der Waals surface area contributed by atoms with E-state index in [2.05, 4.69) is 10.3 Å². The van der Waals surface area contributed by atoms with Gasteiger partial charge in [-0.3, -0.25) is 19.5 Å². The lowest BCUT2D eigenvalue weighted by molar-refractivity contribution is -0.129. The maximum Gasteiger partial charge on any atom is 0.268 e. The van der Waals surface area contributed by atoms with Gasteiger partial charge in [0.25, 0.3) is 5.91 Å². The van der Waals surface area contributed by atoms with Crippen molar-refractivity contribution in [2.24, 2.45) is 0 Å². The summed E-state index contributed by atoms with van der Waals surface area (Å²) < 4.78 is 5.76. The van der Waals surface area contributed by atoms with E-state index in [1.54, 1.807) is 12.4 Å². The molecule has 1 N–H and O–H groups in total. The van der Waals surface area contributed by atoms with Crippen LogP contribution in [-0.4, -0.2) is 29.4 Å². The number of aromatic nitrogens is 1. The second-order valence-electron chi connectivity index (χ2n) is 6.05. The van der Waals surface area contributed by atoms with Crippen molar-refractivity contribution in [3.63, 3.8) is 0 Å². The molecule has 6 heteroatoms. The van der Waals surface area contributed by atoms with Gasteiger partial charge in [0.15, 0.2) is 6.10 Å². The normalized spacial score (nSPS) is 16.2. The second-order valence-corrected chi connectivity index (χ2v) is 6.05. The van der Waals surface area contributed by atoms with E-state index in [0.717, 1.165) is 11.1 Å². The molecule has 1 aliphatic rings. The van der Waals surface area contributed by atoms with E-state index in [9.17, 15) is 9.59 Å². The van der Waals surface area contributed by atoms with Crippen molar-refractivity contribution in [3.8, 4) is 5.75 Å². The van der Waals surface area contributed by atoms with Gasteiger partial charge in [-0.25, -0.2) is 0 Å². The monoisotopic (exact) mass is 339 g/mol. The van der Waals surface area contributed by atoms with E-state index < -0.39 is 6.10 Å². The predicted molar refractivity (Wildman–Crippen MR) is 94.3 cm³/mol. The van der Waals surface area contributed by atoms with Gasteiger partial charge in [-0.1, -0.05) is 19.1 Å². The first-order valence-electron chi connectivity index (χ1n) is 8.32. The number of nitrogens with zero attached hydrogens (tertiary/aromatic N) is 2. The molecule has 1 aromatic carbocycles. The van der Waals surface area contributed by atoms with Crippen LogP contribution in [0.25, 0.3) is 0 Å². The Bertz CT molecular complexity index is 777. The minimum atomic E-state index is -0.554. The number of ether oxygens (including phenoxy) is 1. The summed E-state index contributed by atoms with van der Waals surface area (Å²) in [6, 6.07) is 9.35. The molecule has 0 radical (unpaired) electrons. The molecule has 6 nitrogen and oxygen atoms in total. The van der Waals surface area contributed by atoms with Gasteiger partial charge in [0.1, 0.15) is 12.3 Å². The van der Waals surface area contributed by atoms with Crippen molar-refractivity contribution < 1.29 is 14.3 Å². The SMILES string of the molecule is CCC1Oc2ccc(C)cc2N(CC(=O)NCc2cccnc2)C1=O. The van der Waals surface area contributed by atoms with Gasteiger partial charge in [0.05, 0.1) is 5.69 Å². The fourth-order valence-electron chi connectivity index (χ4n) is 2.76. The summed E-state index contributed by atoms with van der Waals surface area (Å²) in [7, 11) is 0. The van der Waals surface area contributed by atoms with E-state index in [4.69, 9.17) is 4.74 Å². The standard InChI is InChI=1S/C19H21N3O3/c1-3-16-19(24)22(15-9-13(2)6-7-17(15)25-16)12-18(23)21-11-14-5-4-8-20-10-14/h4-10,16H,3,11-12H2,1-2H3,(H,21,23). The van der Waals surface area contributed by atoms with Crippen LogP contribution in [0, 0.1) is 6.92 Å². The lowest BCUT2D eigenvalue weighted by atomic mass is 10.1. The zero-order chi connectivity index (χ0) is 17.8. The van der Waals surface area contributed by atoms with Crippen molar-refractivity contribution >= 4 is 17.5 Å². The molecule has 3 rings (SSSR count). The number of nitrogens with one attached hydrogen (secondary N) is 1. The molecule has 0 saturated heterocycles. The maximum absolute atomic E-state index is 12.7. The number of hydrogen-bond donors (Lipinski definition) is 1. The fraction of sp³-hybridized carbons (Fsp3) is 0.316. The third kappa shape index (κ3) is 3.79. The predicted octanol–water partition coefficient (Wildman–Crippen LogP) is 2.21. The molecule has 0 saturated carbocycles. The first-order chi connectivity index (χ1) is 12.1. The number of aryl methyl sites for hydroxylation is 1. The molecular formula is C19H21N3O3. The van der Waals surface area contributed by atoms with Gasteiger partial charge in [0.2, 0.25) is 5.91 Å². The lowest BCUT2D eigenvalue weighted by Gasteiger charge is -2.33. The maximum atomic E-state index is 12.7. The number of amides is 2. The average molecular weight is 339 g/mol. The van der Waals surface area contributed by atoms with Crippen LogP contribution in [0.1, 0.15) is 24.5 Å². The van der Waals surface area contributed by atoms with Crippen molar-refractivity contribution in [1.82, 2.24) is 10.3 Å². The highest BCUT2D eigenvalue weighted by atomic mass is 16.5. The smallest absolute Gasteiger partial charge is 0.268 e. The summed E-state index contributed by atoms with van der Waals surface area (Å²) in [5, 5.41) is 2.83. The zero-order valence-electron chi connectivity index (χ0n) is 14.4. The summed E-state index contributed by atoms with van der Waals surface area (Å²) in [6.07, 6.45) is 3.38. The number of rotatable bonds is 5. The van der Waals surface area contributed by atoms with Gasteiger partial charge < -0.3 is 10.1 Å². The third-order valence-corrected chi connectivity index (χ3v) is 4.10. The minimum Gasteiger partial charge on any atom is -0.478 e. The summed E-state index contributed by atoms with van der Waals surface area (Å²) in [5.41, 5.74) is 2.56. The molecule has 0 fully saturated rings. The molecule has 2 aromatic rings. The third-order valence-electron chi connectivity index (χ3n) is 4.10. The first kappa shape index (κ1) is 17.0. The first-order valence-corrected chi connectivity index (χ1v) is 8.32.